The fourth-order valence-electron chi connectivity index (χ4n) is 1.71. The van der Waals surface area contributed by atoms with E-state index in [-0.39, 0.29) is 0 Å². The van der Waals surface area contributed by atoms with Crippen molar-refractivity contribution in [3.63, 3.8) is 0 Å². The summed E-state index contributed by atoms with van der Waals surface area (Å²) in [5.41, 5.74) is 0.367. The Kier molecular flexibility index (Phi) is 6.01. The van der Waals surface area contributed by atoms with E-state index >= 15 is 0 Å². The molecule has 0 saturated carbocycles. The van der Waals surface area contributed by atoms with Gasteiger partial charge >= 0.3 is 0 Å². The zero-order chi connectivity index (χ0) is 16.2. The maximum absolute atomic E-state index is 12.2. The van der Waals surface area contributed by atoms with E-state index in [1.807, 2.05) is 0 Å². The molecule has 2 N–H and O–H groups in total. The van der Waals surface area contributed by atoms with Crippen molar-refractivity contribution in [2.24, 2.45) is 0 Å². The molecule has 0 unspecified atom stereocenters. The van der Waals surface area contributed by atoms with Gasteiger partial charge in [-0.15, -0.1) is 0 Å². The summed E-state index contributed by atoms with van der Waals surface area (Å²) < 4.78 is 3.44. The molecule has 1 aromatic carbocycles. The van der Waals surface area contributed by atoms with Crippen LogP contribution in [0.5, 0.6) is 0 Å². The second kappa shape index (κ2) is 7.57. The summed E-state index contributed by atoms with van der Waals surface area (Å²) in [5.74, 6) is 0.238. The molecular formula is C14H12Cl4N2O2. The molecule has 118 valence electrons. The highest BCUT2D eigenvalue weighted by Crippen LogP contribution is 2.29. The van der Waals surface area contributed by atoms with Gasteiger partial charge in [-0.1, -0.05) is 52.5 Å². The fraction of sp³-hybridized carbons (Fsp3) is 0.214. The van der Waals surface area contributed by atoms with Gasteiger partial charge < -0.3 is 9.73 Å². The molecule has 2 aromatic rings. The predicted octanol–water partition coefficient (Wildman–Crippen LogP) is 4.15. The van der Waals surface area contributed by atoms with Gasteiger partial charge in [0, 0.05) is 10.6 Å². The average molecular weight is 382 g/mol. The molecule has 0 aliphatic heterocycles. The molecule has 1 atom stereocenters. The molecule has 0 aliphatic carbocycles. The van der Waals surface area contributed by atoms with E-state index in [2.05, 4.69) is 10.6 Å². The molecular weight excluding hydrogens is 370 g/mol. The van der Waals surface area contributed by atoms with Gasteiger partial charge in [0.2, 0.25) is 3.79 Å². The molecule has 2 rings (SSSR count). The Hall–Kier alpha value is -0.910. The summed E-state index contributed by atoms with van der Waals surface area (Å²) in [4.78, 5) is 12.2. The Morgan fingerprint density at radius 1 is 1.23 bits per heavy atom. The maximum atomic E-state index is 12.2. The lowest BCUT2D eigenvalue weighted by atomic mass is 10.2. The van der Waals surface area contributed by atoms with Crippen LogP contribution in [0.1, 0.15) is 16.1 Å². The Balaban J connectivity index is 2.04. The lowest BCUT2D eigenvalue weighted by Gasteiger charge is -2.26. The van der Waals surface area contributed by atoms with E-state index in [1.54, 1.807) is 30.3 Å². The Morgan fingerprint density at radius 3 is 2.59 bits per heavy atom. The first kappa shape index (κ1) is 17.4. The van der Waals surface area contributed by atoms with Crippen molar-refractivity contribution >= 4 is 52.3 Å². The largest absolute Gasteiger partial charge is 0.468 e. The van der Waals surface area contributed by atoms with Crippen LogP contribution in [0, 0.1) is 0 Å². The normalized spacial score (nSPS) is 12.9. The molecule has 1 heterocycles. The monoisotopic (exact) mass is 380 g/mol. The highest BCUT2D eigenvalue weighted by Gasteiger charge is 2.34. The Labute approximate surface area is 147 Å². The van der Waals surface area contributed by atoms with Crippen LogP contribution >= 0.6 is 46.4 Å². The molecule has 1 amide bonds. The van der Waals surface area contributed by atoms with E-state index in [9.17, 15) is 4.79 Å². The van der Waals surface area contributed by atoms with Crippen LogP contribution in [-0.4, -0.2) is 15.9 Å². The number of nitrogens with one attached hydrogen (secondary N) is 2. The molecule has 0 fully saturated rings. The molecule has 0 radical (unpaired) electrons. The maximum Gasteiger partial charge on any atom is 0.252 e. The first-order chi connectivity index (χ1) is 10.4. The molecule has 22 heavy (non-hydrogen) atoms. The summed E-state index contributed by atoms with van der Waals surface area (Å²) in [6, 6.07) is 9.98. The summed E-state index contributed by atoms with van der Waals surface area (Å²) >= 11 is 23.6. The molecule has 4 nitrogen and oxygen atoms in total. The lowest BCUT2D eigenvalue weighted by molar-refractivity contribution is 0.0928. The van der Waals surface area contributed by atoms with Gasteiger partial charge in [0.1, 0.15) is 11.9 Å². The van der Waals surface area contributed by atoms with Gasteiger partial charge in [0.25, 0.3) is 5.91 Å². The van der Waals surface area contributed by atoms with E-state index in [1.165, 1.54) is 12.3 Å². The zero-order valence-corrected chi connectivity index (χ0v) is 14.2. The van der Waals surface area contributed by atoms with Crippen molar-refractivity contribution in [2.45, 2.75) is 16.5 Å². The van der Waals surface area contributed by atoms with Crippen LogP contribution in [0.15, 0.2) is 47.1 Å². The number of benzene rings is 1. The molecule has 0 aliphatic rings. The SMILES string of the molecule is O=C(N[C@@H](NCc1ccco1)C(Cl)(Cl)Cl)c1cccc(Cl)c1. The van der Waals surface area contributed by atoms with Gasteiger partial charge in [-0.2, -0.15) is 0 Å². The van der Waals surface area contributed by atoms with Crippen LogP contribution in [0.4, 0.5) is 0 Å². The Morgan fingerprint density at radius 2 is 2.00 bits per heavy atom. The third-order valence-electron chi connectivity index (χ3n) is 2.75. The van der Waals surface area contributed by atoms with Gasteiger partial charge in [-0.05, 0) is 30.3 Å². The minimum Gasteiger partial charge on any atom is -0.468 e. The fourth-order valence-corrected chi connectivity index (χ4v) is 2.29. The number of hydrogen-bond acceptors (Lipinski definition) is 3. The number of carbonyl (C=O) groups is 1. The molecule has 1 aromatic heterocycles. The molecule has 0 spiro atoms. The number of alkyl halides is 3. The molecule has 8 heteroatoms. The van der Waals surface area contributed by atoms with Crippen LogP contribution in [0.25, 0.3) is 0 Å². The highest BCUT2D eigenvalue weighted by atomic mass is 35.6. The first-order valence-electron chi connectivity index (χ1n) is 6.25. The van der Waals surface area contributed by atoms with Crippen molar-refractivity contribution in [1.82, 2.24) is 10.6 Å². The minimum atomic E-state index is -1.74. The number of rotatable bonds is 5. The van der Waals surface area contributed by atoms with Crippen LogP contribution in [0.3, 0.4) is 0 Å². The predicted molar refractivity (Wildman–Crippen MR) is 88.5 cm³/mol. The van der Waals surface area contributed by atoms with Gasteiger partial charge in [-0.3, -0.25) is 10.1 Å². The van der Waals surface area contributed by atoms with E-state index < -0.39 is 15.9 Å². The third kappa shape index (κ3) is 5.07. The quantitative estimate of drug-likeness (QED) is 0.604. The standard InChI is InChI=1S/C14H12Cl4N2O2/c15-10-4-1-3-9(7-10)12(21)20-13(14(16,17)18)19-8-11-5-2-6-22-11/h1-7,13,19H,8H2,(H,20,21)/t13-/m1/s1. The van der Waals surface area contributed by atoms with Gasteiger partial charge in [0.15, 0.2) is 0 Å². The summed E-state index contributed by atoms with van der Waals surface area (Å²) in [5, 5.41) is 5.99. The summed E-state index contributed by atoms with van der Waals surface area (Å²) in [6.45, 7) is 0.293. The van der Waals surface area contributed by atoms with Crippen molar-refractivity contribution in [2.75, 3.05) is 0 Å². The number of furan rings is 1. The number of amides is 1. The van der Waals surface area contributed by atoms with Crippen molar-refractivity contribution in [1.29, 1.82) is 0 Å². The van der Waals surface area contributed by atoms with Crippen LogP contribution < -0.4 is 10.6 Å². The topological polar surface area (TPSA) is 54.3 Å². The van der Waals surface area contributed by atoms with Crippen molar-refractivity contribution < 1.29 is 9.21 Å². The number of halogens is 4. The second-order valence-corrected chi connectivity index (χ2v) is 7.22. The average Bonchev–Trinajstić information content (AvgIpc) is 2.95. The van der Waals surface area contributed by atoms with Crippen molar-refractivity contribution in [3.8, 4) is 0 Å². The summed E-state index contributed by atoms with van der Waals surface area (Å²) in [6.07, 6.45) is 0.625. The number of hydrogen-bond donors (Lipinski definition) is 2. The minimum absolute atomic E-state index is 0.293. The van der Waals surface area contributed by atoms with Crippen LogP contribution in [-0.2, 0) is 6.54 Å². The van der Waals surface area contributed by atoms with E-state index in [0.717, 1.165) is 0 Å². The van der Waals surface area contributed by atoms with Crippen LogP contribution in [0.2, 0.25) is 5.02 Å². The van der Waals surface area contributed by atoms with E-state index in [0.29, 0.717) is 22.9 Å². The first-order valence-corrected chi connectivity index (χ1v) is 7.76. The number of carbonyl (C=O) groups excluding carboxylic acids is 1. The van der Waals surface area contributed by atoms with Crippen molar-refractivity contribution in [3.05, 3.63) is 59.0 Å². The lowest BCUT2D eigenvalue weighted by Crippen LogP contribution is -2.53. The highest BCUT2D eigenvalue weighted by molar-refractivity contribution is 6.68. The van der Waals surface area contributed by atoms with Gasteiger partial charge in [0.05, 0.1) is 12.8 Å². The zero-order valence-electron chi connectivity index (χ0n) is 11.2. The summed E-state index contributed by atoms with van der Waals surface area (Å²) in [7, 11) is 0. The smallest absolute Gasteiger partial charge is 0.252 e. The third-order valence-corrected chi connectivity index (χ3v) is 3.64. The Bertz CT molecular complexity index is 626. The van der Waals surface area contributed by atoms with Gasteiger partial charge in [-0.25, -0.2) is 0 Å². The molecule has 0 saturated heterocycles. The second-order valence-electron chi connectivity index (χ2n) is 4.42. The molecule has 0 bridgehead atoms. The van der Waals surface area contributed by atoms with E-state index in [4.69, 9.17) is 50.8 Å².